The van der Waals surface area contributed by atoms with Crippen LogP contribution in [-0.4, -0.2) is 69.7 Å². The highest BCUT2D eigenvalue weighted by Gasteiger charge is 2.65. The Morgan fingerprint density at radius 1 is 1.20 bits per heavy atom. The third-order valence-corrected chi connectivity index (χ3v) is 9.83. The fraction of sp³-hybridized carbons (Fsp3) is 0.720. The van der Waals surface area contributed by atoms with Crippen LogP contribution in [0.2, 0.25) is 0 Å². The molecule has 1 saturated heterocycles. The van der Waals surface area contributed by atoms with E-state index < -0.39 is 42.1 Å². The smallest absolute Gasteiger partial charge is 0.410 e. The molecule has 35 heavy (non-hydrogen) atoms. The molecule has 0 radical (unpaired) electrons. The summed E-state index contributed by atoms with van der Waals surface area (Å²) in [7, 11) is -2.31. The van der Waals surface area contributed by atoms with Crippen LogP contribution in [0.3, 0.4) is 0 Å². The number of likely N-dealkylation sites (tertiary alicyclic amines) is 1. The Hall–Kier alpha value is -2.12. The van der Waals surface area contributed by atoms with Crippen molar-refractivity contribution in [3.8, 4) is 0 Å². The van der Waals surface area contributed by atoms with Crippen molar-refractivity contribution in [3.63, 3.8) is 0 Å². The lowest BCUT2D eigenvalue weighted by Crippen LogP contribution is -2.59. The zero-order chi connectivity index (χ0) is 26.2. The minimum Gasteiger partial charge on any atom is -0.446 e. The number of hydrogen-bond donors (Lipinski definition) is 2. The molecular weight excluding hydrogens is 469 g/mol. The number of rotatable bonds is 8. The SMILES string of the molecule is C=C[C@@H]1C[C@]1(NC(=O)[C@@H]1CCCN1C(=O)C(N(C)C(=O)OC1CCCC1)C(C)(C)C)P(=O)(O)C=C. The molecule has 2 saturated carbocycles. The van der Waals surface area contributed by atoms with Crippen LogP contribution in [0.4, 0.5) is 4.79 Å². The van der Waals surface area contributed by atoms with Crippen LogP contribution in [0.15, 0.2) is 25.1 Å². The average molecular weight is 510 g/mol. The molecule has 3 amide bonds. The molecule has 1 aliphatic heterocycles. The summed E-state index contributed by atoms with van der Waals surface area (Å²) < 4.78 is 18.4. The molecule has 9 nitrogen and oxygen atoms in total. The second kappa shape index (κ2) is 10.1. The molecule has 2 aliphatic carbocycles. The van der Waals surface area contributed by atoms with Gasteiger partial charge in [-0.15, -0.1) is 6.58 Å². The molecule has 0 aromatic rings. The van der Waals surface area contributed by atoms with Gasteiger partial charge in [-0.2, -0.15) is 0 Å². The van der Waals surface area contributed by atoms with Gasteiger partial charge in [0.2, 0.25) is 19.2 Å². The largest absolute Gasteiger partial charge is 0.446 e. The van der Waals surface area contributed by atoms with Crippen LogP contribution in [0.5, 0.6) is 0 Å². The maximum Gasteiger partial charge on any atom is 0.410 e. The van der Waals surface area contributed by atoms with Crippen LogP contribution < -0.4 is 5.32 Å². The van der Waals surface area contributed by atoms with E-state index in [0.29, 0.717) is 25.8 Å². The molecule has 2 unspecified atom stereocenters. The molecule has 3 fully saturated rings. The van der Waals surface area contributed by atoms with E-state index in [4.69, 9.17) is 4.74 Å². The van der Waals surface area contributed by atoms with E-state index in [1.807, 2.05) is 20.8 Å². The van der Waals surface area contributed by atoms with Gasteiger partial charge >= 0.3 is 6.09 Å². The quantitative estimate of drug-likeness (QED) is 0.379. The molecular formula is C25H40N3O6P. The van der Waals surface area contributed by atoms with Gasteiger partial charge in [-0.1, -0.05) is 33.4 Å². The van der Waals surface area contributed by atoms with E-state index in [1.54, 1.807) is 13.1 Å². The van der Waals surface area contributed by atoms with Crippen LogP contribution in [0.1, 0.15) is 65.7 Å². The van der Waals surface area contributed by atoms with Crippen LogP contribution in [0.25, 0.3) is 0 Å². The Bertz CT molecular complexity index is 925. The summed E-state index contributed by atoms with van der Waals surface area (Å²) >= 11 is 0. The highest BCUT2D eigenvalue weighted by Crippen LogP contribution is 2.70. The molecule has 3 rings (SSSR count). The monoisotopic (exact) mass is 509 g/mol. The van der Waals surface area contributed by atoms with Gasteiger partial charge in [-0.3, -0.25) is 19.1 Å². The molecule has 3 aliphatic rings. The normalized spacial score (nSPS) is 29.1. The fourth-order valence-electron chi connectivity index (χ4n) is 5.52. The van der Waals surface area contributed by atoms with Crippen molar-refractivity contribution in [1.29, 1.82) is 0 Å². The van der Waals surface area contributed by atoms with Gasteiger partial charge in [0, 0.05) is 19.5 Å². The molecule has 2 N–H and O–H groups in total. The van der Waals surface area contributed by atoms with Crippen LogP contribution in [0, 0.1) is 11.3 Å². The maximum absolute atomic E-state index is 13.8. The van der Waals surface area contributed by atoms with Gasteiger partial charge in [0.05, 0.1) is 0 Å². The lowest BCUT2D eigenvalue weighted by molar-refractivity contribution is -0.145. The molecule has 1 heterocycles. The lowest BCUT2D eigenvalue weighted by atomic mass is 9.84. The van der Waals surface area contributed by atoms with Crippen molar-refractivity contribution < 1.29 is 28.6 Å². The first-order valence-electron chi connectivity index (χ1n) is 12.4. The van der Waals surface area contributed by atoms with Gasteiger partial charge < -0.3 is 19.8 Å². The van der Waals surface area contributed by atoms with Gasteiger partial charge in [-0.05, 0) is 56.2 Å². The van der Waals surface area contributed by atoms with E-state index in [1.165, 1.54) is 9.80 Å². The van der Waals surface area contributed by atoms with Crippen molar-refractivity contribution in [2.75, 3.05) is 13.6 Å². The third kappa shape index (κ3) is 5.36. The second-order valence-corrected chi connectivity index (χ2v) is 13.5. The van der Waals surface area contributed by atoms with E-state index in [2.05, 4.69) is 18.5 Å². The summed E-state index contributed by atoms with van der Waals surface area (Å²) in [5.74, 6) is -0.151. The Morgan fingerprint density at radius 3 is 2.34 bits per heavy atom. The standard InChI is InChI=1S/C25H40N3O6P/c1-7-17-16-25(17,35(32,33)8-2)26-21(29)19-14-11-15-28(19)22(30)20(24(3,4)5)27(6)23(31)34-18-12-9-10-13-18/h7-8,17-20H,1-2,9-16H2,3-6H3,(H,26,29)(H,32,33)/t17-,19+,20?,25+/m1/s1. The number of likely N-dealkylation sites (N-methyl/N-ethyl adjacent to an activating group) is 1. The first kappa shape index (κ1) is 27.5. The summed E-state index contributed by atoms with van der Waals surface area (Å²) in [5, 5.41) is 1.45. The maximum atomic E-state index is 13.8. The summed E-state index contributed by atoms with van der Waals surface area (Å²) in [6.07, 6.45) is 5.94. The zero-order valence-corrected chi connectivity index (χ0v) is 22.3. The highest BCUT2D eigenvalue weighted by atomic mass is 31.2. The molecule has 10 heteroatoms. The number of nitrogens with zero attached hydrogens (tertiary/aromatic N) is 2. The number of amides is 3. The van der Waals surface area contributed by atoms with Gasteiger partial charge in [0.25, 0.3) is 0 Å². The molecule has 0 aromatic heterocycles. The van der Waals surface area contributed by atoms with Crippen molar-refractivity contribution in [3.05, 3.63) is 25.1 Å². The summed E-state index contributed by atoms with van der Waals surface area (Å²) in [4.78, 5) is 53.4. The molecule has 196 valence electrons. The minimum atomic E-state index is -3.88. The van der Waals surface area contributed by atoms with Crippen molar-refractivity contribution in [2.24, 2.45) is 11.3 Å². The predicted molar refractivity (Wildman–Crippen MR) is 134 cm³/mol. The summed E-state index contributed by atoms with van der Waals surface area (Å²) in [6.45, 7) is 13.2. The number of carbonyl (C=O) groups excluding carboxylic acids is 3. The third-order valence-electron chi connectivity index (χ3n) is 7.57. The number of ether oxygens (including phenoxy) is 1. The van der Waals surface area contributed by atoms with Gasteiger partial charge in [0.1, 0.15) is 23.5 Å². The zero-order valence-electron chi connectivity index (χ0n) is 21.4. The van der Waals surface area contributed by atoms with E-state index in [0.717, 1.165) is 31.5 Å². The average Bonchev–Trinajstić information content (AvgIpc) is 3.13. The first-order chi connectivity index (χ1) is 16.3. The first-order valence-corrected chi connectivity index (χ1v) is 14.2. The Balaban J connectivity index is 1.78. The van der Waals surface area contributed by atoms with Crippen LogP contribution >= 0.6 is 7.37 Å². The summed E-state index contributed by atoms with van der Waals surface area (Å²) in [6, 6.07) is -1.63. The Labute approximate surface area is 208 Å². The van der Waals surface area contributed by atoms with Crippen molar-refractivity contribution >= 4 is 25.3 Å². The summed E-state index contributed by atoms with van der Waals surface area (Å²) in [5.41, 5.74) is -0.612. The predicted octanol–water partition coefficient (Wildman–Crippen LogP) is 3.84. The minimum absolute atomic E-state index is 0.127. The Morgan fingerprint density at radius 2 is 1.83 bits per heavy atom. The van der Waals surface area contributed by atoms with Crippen molar-refractivity contribution in [2.45, 2.75) is 89.2 Å². The Kier molecular flexibility index (Phi) is 7.92. The van der Waals surface area contributed by atoms with E-state index >= 15 is 0 Å². The number of nitrogens with one attached hydrogen (secondary N) is 1. The van der Waals surface area contributed by atoms with E-state index in [9.17, 15) is 23.8 Å². The second-order valence-electron chi connectivity index (χ2n) is 11.1. The van der Waals surface area contributed by atoms with Crippen molar-refractivity contribution in [1.82, 2.24) is 15.1 Å². The van der Waals surface area contributed by atoms with Gasteiger partial charge in [0.15, 0.2) is 0 Å². The fourth-order valence-corrected chi connectivity index (χ4v) is 7.16. The van der Waals surface area contributed by atoms with E-state index in [-0.39, 0.29) is 17.9 Å². The lowest BCUT2D eigenvalue weighted by Gasteiger charge is -2.40. The van der Waals surface area contributed by atoms with Crippen LogP contribution in [-0.2, 0) is 18.9 Å². The van der Waals surface area contributed by atoms with Gasteiger partial charge in [-0.25, -0.2) is 4.79 Å². The number of carbonyl (C=O) groups is 3. The topological polar surface area (TPSA) is 116 Å². The molecule has 0 aromatic carbocycles. The molecule has 5 atom stereocenters. The molecule has 0 spiro atoms. The molecule has 0 bridgehead atoms. The highest BCUT2D eigenvalue weighted by molar-refractivity contribution is 7.63. The number of hydrogen-bond acceptors (Lipinski definition) is 5.